The van der Waals surface area contributed by atoms with Crippen LogP contribution in [-0.4, -0.2) is 57.7 Å². The number of hydrogen-bond acceptors (Lipinski definition) is 4. The van der Waals surface area contributed by atoms with Crippen LogP contribution < -0.4 is 20.3 Å². The number of hydrogen-bond donors (Lipinski definition) is 2. The summed E-state index contributed by atoms with van der Waals surface area (Å²) in [5.74, 6) is 1.76. The molecule has 0 bridgehead atoms. The molecule has 0 aromatic heterocycles. The minimum Gasteiger partial charge on any atom is -0.496 e. The summed E-state index contributed by atoms with van der Waals surface area (Å²) in [5.41, 5.74) is 3.74. The van der Waals surface area contributed by atoms with E-state index in [9.17, 15) is 0 Å². The first-order valence-electron chi connectivity index (χ1n) is 11.6. The summed E-state index contributed by atoms with van der Waals surface area (Å²) in [6.45, 7) is 5.75. The number of nitrogens with zero attached hydrogens (tertiary/aromatic N) is 3. The quantitative estimate of drug-likeness (QED) is 0.379. The Balaban J connectivity index is 1.35. The molecule has 170 valence electrons. The number of methoxy groups -OCH3 is 1. The number of anilines is 1. The number of ether oxygens (including phenoxy) is 1. The third-order valence-corrected chi connectivity index (χ3v) is 6.35. The van der Waals surface area contributed by atoms with E-state index in [4.69, 9.17) is 4.74 Å². The van der Waals surface area contributed by atoms with Crippen molar-refractivity contribution in [3.05, 3.63) is 71.8 Å². The molecular formula is C26H35N5O. The van der Waals surface area contributed by atoms with Crippen molar-refractivity contribution in [2.75, 3.05) is 51.8 Å². The Bertz CT molecular complexity index is 910. The minimum absolute atomic E-state index is 0.251. The summed E-state index contributed by atoms with van der Waals surface area (Å²) in [4.78, 5) is 9.35. The average Bonchev–Trinajstić information content (AvgIpc) is 3.57. The van der Waals surface area contributed by atoms with Gasteiger partial charge in [-0.15, -0.1) is 0 Å². The van der Waals surface area contributed by atoms with Gasteiger partial charge < -0.3 is 20.3 Å². The predicted molar refractivity (Wildman–Crippen MR) is 133 cm³/mol. The van der Waals surface area contributed by atoms with Crippen LogP contribution in [0.3, 0.4) is 0 Å². The van der Waals surface area contributed by atoms with E-state index in [2.05, 4.69) is 74.0 Å². The van der Waals surface area contributed by atoms with Crippen molar-refractivity contribution >= 4 is 11.6 Å². The SMILES string of the molecule is CN=C(NCc1ccc(N2CC=CC2)cc1)NCC(c1ccccc1OC)N1CCCC1. The van der Waals surface area contributed by atoms with Crippen molar-refractivity contribution in [3.8, 4) is 5.75 Å². The zero-order chi connectivity index (χ0) is 22.2. The van der Waals surface area contributed by atoms with E-state index < -0.39 is 0 Å². The summed E-state index contributed by atoms with van der Waals surface area (Å²) in [5, 5.41) is 7.01. The van der Waals surface area contributed by atoms with Crippen molar-refractivity contribution in [1.29, 1.82) is 0 Å². The van der Waals surface area contributed by atoms with Crippen LogP contribution in [0.2, 0.25) is 0 Å². The molecule has 1 saturated heterocycles. The second-order valence-corrected chi connectivity index (χ2v) is 8.35. The highest BCUT2D eigenvalue weighted by Gasteiger charge is 2.26. The van der Waals surface area contributed by atoms with Crippen molar-refractivity contribution in [2.24, 2.45) is 4.99 Å². The maximum atomic E-state index is 5.66. The molecule has 6 nitrogen and oxygen atoms in total. The number of rotatable bonds is 8. The Kier molecular flexibility index (Phi) is 7.67. The van der Waals surface area contributed by atoms with Crippen LogP contribution in [-0.2, 0) is 6.54 Å². The van der Waals surface area contributed by atoms with Gasteiger partial charge in [-0.1, -0.05) is 42.5 Å². The highest BCUT2D eigenvalue weighted by molar-refractivity contribution is 5.79. The molecule has 2 heterocycles. The van der Waals surface area contributed by atoms with Gasteiger partial charge in [0.2, 0.25) is 0 Å². The maximum Gasteiger partial charge on any atom is 0.191 e. The maximum absolute atomic E-state index is 5.66. The normalized spacial score (nSPS) is 17.6. The molecule has 0 aliphatic carbocycles. The monoisotopic (exact) mass is 433 g/mol. The highest BCUT2D eigenvalue weighted by Crippen LogP contribution is 2.31. The molecule has 0 amide bonds. The zero-order valence-corrected chi connectivity index (χ0v) is 19.3. The van der Waals surface area contributed by atoms with Gasteiger partial charge in [-0.3, -0.25) is 9.89 Å². The number of benzene rings is 2. The largest absolute Gasteiger partial charge is 0.496 e. The van der Waals surface area contributed by atoms with Crippen LogP contribution in [0.15, 0.2) is 65.7 Å². The molecule has 2 aromatic rings. The Morgan fingerprint density at radius 3 is 2.41 bits per heavy atom. The zero-order valence-electron chi connectivity index (χ0n) is 19.3. The van der Waals surface area contributed by atoms with Crippen LogP contribution in [0.4, 0.5) is 5.69 Å². The van der Waals surface area contributed by atoms with Gasteiger partial charge >= 0.3 is 0 Å². The molecule has 1 atom stereocenters. The molecule has 1 unspecified atom stereocenters. The molecule has 32 heavy (non-hydrogen) atoms. The smallest absolute Gasteiger partial charge is 0.191 e. The second-order valence-electron chi connectivity index (χ2n) is 8.35. The Morgan fingerprint density at radius 2 is 1.72 bits per heavy atom. The fourth-order valence-electron chi connectivity index (χ4n) is 4.54. The molecule has 1 fully saturated rings. The van der Waals surface area contributed by atoms with Crippen LogP contribution in [0.25, 0.3) is 0 Å². The van der Waals surface area contributed by atoms with E-state index in [1.807, 2.05) is 19.2 Å². The molecule has 2 aliphatic rings. The lowest BCUT2D eigenvalue weighted by atomic mass is 10.0. The van der Waals surface area contributed by atoms with Crippen LogP contribution in [0.5, 0.6) is 5.75 Å². The second kappa shape index (κ2) is 11.0. The number of guanidine groups is 1. The van der Waals surface area contributed by atoms with Gasteiger partial charge in [-0.25, -0.2) is 0 Å². The summed E-state index contributed by atoms with van der Waals surface area (Å²) < 4.78 is 5.66. The number of aliphatic imine (C=N–C) groups is 1. The fourth-order valence-corrected chi connectivity index (χ4v) is 4.54. The van der Waals surface area contributed by atoms with Crippen molar-refractivity contribution < 1.29 is 4.74 Å². The van der Waals surface area contributed by atoms with Gasteiger partial charge in [0.25, 0.3) is 0 Å². The van der Waals surface area contributed by atoms with E-state index in [0.717, 1.165) is 51.0 Å². The van der Waals surface area contributed by atoms with Gasteiger partial charge in [0.1, 0.15) is 5.75 Å². The molecule has 0 radical (unpaired) electrons. The van der Waals surface area contributed by atoms with Gasteiger partial charge in [-0.2, -0.15) is 0 Å². The average molecular weight is 434 g/mol. The van der Waals surface area contributed by atoms with Crippen LogP contribution in [0, 0.1) is 0 Å². The molecule has 2 N–H and O–H groups in total. The third kappa shape index (κ3) is 5.43. The van der Waals surface area contributed by atoms with E-state index in [-0.39, 0.29) is 6.04 Å². The first-order chi connectivity index (χ1) is 15.8. The van der Waals surface area contributed by atoms with E-state index in [0.29, 0.717) is 0 Å². The van der Waals surface area contributed by atoms with E-state index in [1.165, 1.54) is 29.7 Å². The summed E-state index contributed by atoms with van der Waals surface area (Å²) in [6, 6.07) is 17.4. The molecule has 4 rings (SSSR count). The summed E-state index contributed by atoms with van der Waals surface area (Å²) in [7, 11) is 3.58. The molecule has 2 aliphatic heterocycles. The first kappa shape index (κ1) is 22.2. The standard InChI is InChI=1S/C26H35N5O/c1-27-26(28-19-21-11-13-22(14-12-21)30-15-5-6-16-30)29-20-24(31-17-7-8-18-31)23-9-3-4-10-25(23)32-2/h3-6,9-14,24H,7-8,15-20H2,1-2H3,(H2,27,28,29). The topological polar surface area (TPSA) is 52.1 Å². The lowest BCUT2D eigenvalue weighted by Crippen LogP contribution is -2.42. The molecule has 0 spiro atoms. The Morgan fingerprint density at radius 1 is 1.00 bits per heavy atom. The molecular weight excluding hydrogens is 398 g/mol. The van der Waals surface area contributed by atoms with Crippen molar-refractivity contribution in [3.63, 3.8) is 0 Å². The Hall–Kier alpha value is -2.99. The Labute approximate surface area is 192 Å². The molecule has 0 saturated carbocycles. The summed E-state index contributed by atoms with van der Waals surface area (Å²) in [6.07, 6.45) is 6.93. The fraction of sp³-hybridized carbons (Fsp3) is 0.423. The van der Waals surface area contributed by atoms with Gasteiger partial charge in [0.05, 0.1) is 13.2 Å². The van der Waals surface area contributed by atoms with E-state index >= 15 is 0 Å². The van der Waals surface area contributed by atoms with Crippen molar-refractivity contribution in [1.82, 2.24) is 15.5 Å². The number of nitrogens with one attached hydrogen (secondary N) is 2. The summed E-state index contributed by atoms with van der Waals surface area (Å²) >= 11 is 0. The molecule has 2 aromatic carbocycles. The lowest BCUT2D eigenvalue weighted by molar-refractivity contribution is 0.239. The minimum atomic E-state index is 0.251. The van der Waals surface area contributed by atoms with E-state index in [1.54, 1.807) is 7.11 Å². The van der Waals surface area contributed by atoms with Crippen LogP contribution >= 0.6 is 0 Å². The van der Waals surface area contributed by atoms with Crippen molar-refractivity contribution in [2.45, 2.75) is 25.4 Å². The predicted octanol–water partition coefficient (Wildman–Crippen LogP) is 3.57. The lowest BCUT2D eigenvalue weighted by Gasteiger charge is -2.30. The number of para-hydroxylation sites is 1. The third-order valence-electron chi connectivity index (χ3n) is 6.35. The molecule has 6 heteroatoms. The van der Waals surface area contributed by atoms with Gasteiger partial charge in [-0.05, 0) is 49.7 Å². The first-order valence-corrected chi connectivity index (χ1v) is 11.6. The van der Waals surface area contributed by atoms with Gasteiger partial charge in [0.15, 0.2) is 5.96 Å². The number of likely N-dealkylation sites (tertiary alicyclic amines) is 1. The van der Waals surface area contributed by atoms with Crippen LogP contribution in [0.1, 0.15) is 30.0 Å². The highest BCUT2D eigenvalue weighted by atomic mass is 16.5. The van der Waals surface area contributed by atoms with Gasteiger partial charge in [0, 0.05) is 44.5 Å².